The molecule has 0 aromatic carbocycles. The van der Waals surface area contributed by atoms with E-state index in [2.05, 4.69) is 41.2 Å². The molecule has 0 unspecified atom stereocenters. The fourth-order valence-corrected chi connectivity index (χ4v) is 4.91. The van der Waals surface area contributed by atoms with E-state index in [0.29, 0.717) is 5.41 Å². The van der Waals surface area contributed by atoms with Crippen molar-refractivity contribution < 1.29 is 0 Å². The molecule has 0 amide bonds. The lowest BCUT2D eigenvalue weighted by molar-refractivity contribution is 0.246. The van der Waals surface area contributed by atoms with Crippen molar-refractivity contribution >= 4 is 27.3 Å². The summed E-state index contributed by atoms with van der Waals surface area (Å²) in [5.74, 6) is 0. The standard InChI is InChI=1S/C16H26BrNS/c1-3-18-11-10-16(7-4-5-8-16)9-6-14-12-15(17)13(2)19-14/h12,18H,3-11H2,1-2H3. The summed E-state index contributed by atoms with van der Waals surface area (Å²) >= 11 is 5.60. The lowest BCUT2D eigenvalue weighted by Gasteiger charge is -2.29. The van der Waals surface area contributed by atoms with Crippen molar-refractivity contribution in [3.05, 3.63) is 20.3 Å². The average Bonchev–Trinajstić information content (AvgIpc) is 2.97. The summed E-state index contributed by atoms with van der Waals surface area (Å²) in [5, 5.41) is 3.51. The lowest BCUT2D eigenvalue weighted by Crippen LogP contribution is -2.25. The number of aryl methyl sites for hydroxylation is 2. The predicted molar refractivity (Wildman–Crippen MR) is 89.1 cm³/mol. The minimum atomic E-state index is 0.631. The third-order valence-electron chi connectivity index (χ3n) is 4.56. The quantitative estimate of drug-likeness (QED) is 0.661. The molecular weight excluding hydrogens is 318 g/mol. The number of nitrogens with one attached hydrogen (secondary N) is 1. The second-order valence-electron chi connectivity index (χ2n) is 5.93. The van der Waals surface area contributed by atoms with E-state index >= 15 is 0 Å². The number of rotatable bonds is 7. The third kappa shape index (κ3) is 4.30. The van der Waals surface area contributed by atoms with Gasteiger partial charge >= 0.3 is 0 Å². The molecule has 19 heavy (non-hydrogen) atoms. The molecule has 1 saturated carbocycles. The molecule has 0 spiro atoms. The van der Waals surface area contributed by atoms with E-state index in [-0.39, 0.29) is 0 Å². The number of thiophene rings is 1. The molecule has 108 valence electrons. The Morgan fingerprint density at radius 1 is 1.32 bits per heavy atom. The Morgan fingerprint density at radius 2 is 2.05 bits per heavy atom. The minimum Gasteiger partial charge on any atom is -0.317 e. The molecule has 1 aromatic heterocycles. The maximum Gasteiger partial charge on any atom is 0.0314 e. The summed E-state index contributed by atoms with van der Waals surface area (Å²) in [7, 11) is 0. The smallest absolute Gasteiger partial charge is 0.0314 e. The van der Waals surface area contributed by atoms with Crippen LogP contribution in [0.1, 0.15) is 55.2 Å². The minimum absolute atomic E-state index is 0.631. The van der Waals surface area contributed by atoms with Crippen LogP contribution >= 0.6 is 27.3 Å². The topological polar surface area (TPSA) is 12.0 Å². The summed E-state index contributed by atoms with van der Waals surface area (Å²) in [6.45, 7) is 6.71. The summed E-state index contributed by atoms with van der Waals surface area (Å²) in [4.78, 5) is 2.97. The molecule has 0 aliphatic heterocycles. The summed E-state index contributed by atoms with van der Waals surface area (Å²) in [6, 6.07) is 2.33. The molecule has 1 heterocycles. The summed E-state index contributed by atoms with van der Waals surface area (Å²) < 4.78 is 1.29. The van der Waals surface area contributed by atoms with Gasteiger partial charge in [0.25, 0.3) is 0 Å². The SMILES string of the molecule is CCNCCC1(CCc2cc(Br)c(C)s2)CCCC1. The zero-order chi connectivity index (χ0) is 13.7. The first-order valence-electron chi connectivity index (χ1n) is 7.61. The zero-order valence-electron chi connectivity index (χ0n) is 12.2. The van der Waals surface area contributed by atoms with Crippen LogP contribution in [0.3, 0.4) is 0 Å². The molecule has 1 nitrogen and oxygen atoms in total. The average molecular weight is 344 g/mol. The fourth-order valence-electron chi connectivity index (χ4n) is 3.31. The van der Waals surface area contributed by atoms with Crippen molar-refractivity contribution in [3.8, 4) is 0 Å². The molecule has 2 rings (SSSR count). The van der Waals surface area contributed by atoms with E-state index < -0.39 is 0 Å². The van der Waals surface area contributed by atoms with Crippen molar-refractivity contribution in [2.24, 2.45) is 5.41 Å². The molecule has 0 saturated heterocycles. The molecule has 1 aliphatic rings. The van der Waals surface area contributed by atoms with Gasteiger partial charge in [-0.3, -0.25) is 0 Å². The van der Waals surface area contributed by atoms with E-state index in [1.54, 1.807) is 4.88 Å². The summed E-state index contributed by atoms with van der Waals surface area (Å²) in [6.07, 6.45) is 9.80. The van der Waals surface area contributed by atoms with Gasteiger partial charge in [-0.25, -0.2) is 0 Å². The maximum absolute atomic E-state index is 3.63. The van der Waals surface area contributed by atoms with E-state index in [4.69, 9.17) is 0 Å². The predicted octanol–water partition coefficient (Wildman–Crippen LogP) is 5.31. The summed E-state index contributed by atoms with van der Waals surface area (Å²) in [5.41, 5.74) is 0.631. The normalized spacial score (nSPS) is 18.1. The van der Waals surface area contributed by atoms with Crippen LogP contribution in [-0.2, 0) is 6.42 Å². The van der Waals surface area contributed by atoms with Gasteiger partial charge in [0.15, 0.2) is 0 Å². The van der Waals surface area contributed by atoms with Gasteiger partial charge in [0.2, 0.25) is 0 Å². The molecule has 1 aromatic rings. The number of hydrogen-bond acceptors (Lipinski definition) is 2. The van der Waals surface area contributed by atoms with Crippen molar-refractivity contribution in [1.82, 2.24) is 5.32 Å². The molecule has 1 aliphatic carbocycles. The van der Waals surface area contributed by atoms with Gasteiger partial charge < -0.3 is 5.32 Å². The highest BCUT2D eigenvalue weighted by molar-refractivity contribution is 9.10. The molecule has 1 N–H and O–H groups in total. The van der Waals surface area contributed by atoms with Gasteiger partial charge in [0.1, 0.15) is 0 Å². The van der Waals surface area contributed by atoms with Gasteiger partial charge in [0.05, 0.1) is 0 Å². The van der Waals surface area contributed by atoms with E-state index in [1.807, 2.05) is 11.3 Å². The highest BCUT2D eigenvalue weighted by Gasteiger charge is 2.32. The first kappa shape index (κ1) is 15.5. The van der Waals surface area contributed by atoms with Crippen molar-refractivity contribution in [2.75, 3.05) is 13.1 Å². The van der Waals surface area contributed by atoms with E-state index in [0.717, 1.165) is 6.54 Å². The fraction of sp³-hybridized carbons (Fsp3) is 0.750. The van der Waals surface area contributed by atoms with Crippen LogP contribution in [-0.4, -0.2) is 13.1 Å². The third-order valence-corrected chi connectivity index (χ3v) is 6.75. The number of halogens is 1. The van der Waals surface area contributed by atoms with E-state index in [1.165, 1.54) is 60.8 Å². The molecule has 0 radical (unpaired) electrons. The van der Waals surface area contributed by atoms with Gasteiger partial charge in [-0.05, 0) is 79.5 Å². The molecule has 0 atom stereocenters. The Balaban J connectivity index is 1.89. The van der Waals surface area contributed by atoms with Gasteiger partial charge in [0, 0.05) is 14.2 Å². The second kappa shape index (κ2) is 7.24. The van der Waals surface area contributed by atoms with E-state index in [9.17, 15) is 0 Å². The molecule has 1 fully saturated rings. The Morgan fingerprint density at radius 3 is 2.63 bits per heavy atom. The Bertz CT molecular complexity index is 374. The lowest BCUT2D eigenvalue weighted by atomic mass is 9.78. The highest BCUT2D eigenvalue weighted by atomic mass is 79.9. The van der Waals surface area contributed by atoms with Crippen LogP contribution in [0.4, 0.5) is 0 Å². The number of hydrogen-bond donors (Lipinski definition) is 1. The Labute approximate surface area is 130 Å². The molecule has 3 heteroatoms. The van der Waals surface area contributed by atoms with Crippen molar-refractivity contribution in [1.29, 1.82) is 0 Å². The van der Waals surface area contributed by atoms with Crippen LogP contribution in [0.25, 0.3) is 0 Å². The zero-order valence-corrected chi connectivity index (χ0v) is 14.6. The second-order valence-corrected chi connectivity index (χ2v) is 8.12. The maximum atomic E-state index is 3.63. The monoisotopic (exact) mass is 343 g/mol. The van der Waals surface area contributed by atoms with Crippen LogP contribution in [0.15, 0.2) is 10.5 Å². The van der Waals surface area contributed by atoms with Gasteiger partial charge in [-0.2, -0.15) is 0 Å². The molecule has 0 bridgehead atoms. The van der Waals surface area contributed by atoms with Crippen molar-refractivity contribution in [3.63, 3.8) is 0 Å². The Hall–Kier alpha value is 0.140. The van der Waals surface area contributed by atoms with Crippen molar-refractivity contribution in [2.45, 2.75) is 58.8 Å². The first-order chi connectivity index (χ1) is 9.15. The molecular formula is C16H26BrNS. The Kier molecular flexibility index (Phi) is 5.91. The van der Waals surface area contributed by atoms with Crippen LogP contribution in [0, 0.1) is 12.3 Å². The van der Waals surface area contributed by atoms with Crippen LogP contribution in [0.5, 0.6) is 0 Å². The largest absolute Gasteiger partial charge is 0.317 e. The first-order valence-corrected chi connectivity index (χ1v) is 9.22. The van der Waals surface area contributed by atoms with Gasteiger partial charge in [-0.1, -0.05) is 19.8 Å². The van der Waals surface area contributed by atoms with Crippen LogP contribution in [0.2, 0.25) is 0 Å². The van der Waals surface area contributed by atoms with Crippen LogP contribution < -0.4 is 5.32 Å². The highest BCUT2D eigenvalue weighted by Crippen LogP contribution is 2.45. The van der Waals surface area contributed by atoms with Gasteiger partial charge in [-0.15, -0.1) is 11.3 Å².